The van der Waals surface area contributed by atoms with E-state index in [2.05, 4.69) is 198 Å². The predicted molar refractivity (Wildman–Crippen MR) is 254 cm³/mol. The number of nitrogens with zero attached hydrogens (tertiary/aromatic N) is 3. The Morgan fingerprint density at radius 2 is 1.02 bits per heavy atom. The summed E-state index contributed by atoms with van der Waals surface area (Å²) >= 11 is 0. The second-order valence-electron chi connectivity index (χ2n) is 15.6. The van der Waals surface area contributed by atoms with Gasteiger partial charge in [-0.15, -0.1) is 0 Å². The summed E-state index contributed by atoms with van der Waals surface area (Å²) in [4.78, 5) is 7.29. The molecule has 0 spiro atoms. The maximum Gasteiger partial charge on any atom is 0.227 e. The van der Waals surface area contributed by atoms with Crippen LogP contribution in [0.15, 0.2) is 229 Å². The van der Waals surface area contributed by atoms with Crippen LogP contribution in [-0.2, 0) is 0 Å². The Labute approximate surface area is 352 Å². The van der Waals surface area contributed by atoms with Crippen LogP contribution in [0.3, 0.4) is 0 Å². The minimum absolute atomic E-state index is 0.636. The lowest BCUT2D eigenvalue weighted by Gasteiger charge is -2.26. The van der Waals surface area contributed by atoms with Gasteiger partial charge in [-0.3, -0.25) is 0 Å². The first-order chi connectivity index (χ1) is 30.2. The zero-order valence-corrected chi connectivity index (χ0v) is 33.1. The van der Waals surface area contributed by atoms with Crippen molar-refractivity contribution in [3.05, 3.63) is 224 Å². The Balaban J connectivity index is 0.959. The molecule has 10 aromatic carbocycles. The molecule has 0 unspecified atom stereocenters. The molecule has 0 fully saturated rings. The van der Waals surface area contributed by atoms with Gasteiger partial charge in [0, 0.05) is 44.5 Å². The fraction of sp³-hybridized carbons (Fsp3) is 0. The summed E-state index contributed by atoms with van der Waals surface area (Å²) in [7, 11) is 0. The van der Waals surface area contributed by atoms with Crippen LogP contribution >= 0.6 is 0 Å². The van der Waals surface area contributed by atoms with Crippen LogP contribution < -0.4 is 4.90 Å². The summed E-state index contributed by atoms with van der Waals surface area (Å²) in [6.07, 6.45) is 0. The number of hydrogen-bond acceptors (Lipinski definition) is 3. The minimum atomic E-state index is 0.636. The first-order valence-electron chi connectivity index (χ1n) is 20.7. The Kier molecular flexibility index (Phi) is 8.13. The van der Waals surface area contributed by atoms with Crippen LogP contribution in [0.4, 0.5) is 17.1 Å². The molecule has 0 N–H and O–H groups in total. The lowest BCUT2D eigenvalue weighted by atomic mass is 9.98. The van der Waals surface area contributed by atoms with Crippen molar-refractivity contribution < 1.29 is 4.42 Å². The van der Waals surface area contributed by atoms with E-state index in [9.17, 15) is 0 Å². The number of para-hydroxylation sites is 2. The van der Waals surface area contributed by atoms with Gasteiger partial charge in [-0.25, -0.2) is 4.98 Å². The van der Waals surface area contributed by atoms with E-state index in [0.717, 1.165) is 61.3 Å². The van der Waals surface area contributed by atoms with Gasteiger partial charge < -0.3 is 13.9 Å². The van der Waals surface area contributed by atoms with E-state index in [4.69, 9.17) is 9.40 Å². The zero-order chi connectivity index (χ0) is 40.3. The largest absolute Gasteiger partial charge is 0.436 e. The molecule has 0 amide bonds. The standard InChI is InChI=1S/C57H37N3O/c1-3-13-41(14-4-1)57-58-56-50-33-26-42(36-43(50)27-35-55(56)61-57)38-22-28-45(29-23-38)59(46-30-24-40(25-31-46)49-20-11-15-39-12-7-8-18-48(39)49)47-32-34-54-52(37-47)51-19-9-10-21-53(51)60(54)44-16-5-2-6-17-44/h1-37H. The maximum absolute atomic E-state index is 6.18. The second kappa shape index (κ2) is 14.3. The number of rotatable bonds is 7. The third kappa shape index (κ3) is 5.96. The Bertz CT molecular complexity index is 3560. The van der Waals surface area contributed by atoms with Crippen LogP contribution in [0.2, 0.25) is 0 Å². The van der Waals surface area contributed by atoms with E-state index in [1.165, 1.54) is 43.7 Å². The molecule has 2 aromatic heterocycles. The number of fused-ring (bicyclic) bond motifs is 7. The van der Waals surface area contributed by atoms with Gasteiger partial charge in [-0.05, 0) is 123 Å². The van der Waals surface area contributed by atoms with E-state index in [0.29, 0.717) is 5.89 Å². The van der Waals surface area contributed by atoms with Gasteiger partial charge in [0.1, 0.15) is 5.52 Å². The summed E-state index contributed by atoms with van der Waals surface area (Å²) in [6, 6.07) is 80.1. The van der Waals surface area contributed by atoms with Crippen LogP contribution in [0, 0.1) is 0 Å². The smallest absolute Gasteiger partial charge is 0.227 e. The summed E-state index contributed by atoms with van der Waals surface area (Å²) in [5, 5.41) is 7.12. The quantitative estimate of drug-likeness (QED) is 0.162. The van der Waals surface area contributed by atoms with Crippen LogP contribution in [0.5, 0.6) is 0 Å². The topological polar surface area (TPSA) is 34.2 Å². The molecule has 286 valence electrons. The molecule has 0 radical (unpaired) electrons. The lowest BCUT2D eigenvalue weighted by Crippen LogP contribution is -2.10. The fourth-order valence-corrected chi connectivity index (χ4v) is 9.08. The predicted octanol–water partition coefficient (Wildman–Crippen LogP) is 15.7. The number of aromatic nitrogens is 2. The second-order valence-corrected chi connectivity index (χ2v) is 15.6. The highest BCUT2D eigenvalue weighted by Crippen LogP contribution is 2.42. The molecule has 4 heteroatoms. The van der Waals surface area contributed by atoms with E-state index < -0.39 is 0 Å². The van der Waals surface area contributed by atoms with Gasteiger partial charge in [0.2, 0.25) is 5.89 Å². The fourth-order valence-electron chi connectivity index (χ4n) is 9.08. The Hall–Kier alpha value is -8.21. The van der Waals surface area contributed by atoms with Crippen molar-refractivity contribution in [1.82, 2.24) is 9.55 Å². The monoisotopic (exact) mass is 779 g/mol. The van der Waals surface area contributed by atoms with Crippen molar-refractivity contribution in [2.45, 2.75) is 0 Å². The average molecular weight is 780 g/mol. The molecular formula is C57H37N3O. The first kappa shape index (κ1) is 34.8. The third-order valence-corrected chi connectivity index (χ3v) is 12.0. The summed E-state index contributed by atoms with van der Waals surface area (Å²) in [5.41, 5.74) is 14.1. The van der Waals surface area contributed by atoms with E-state index in [1.807, 2.05) is 36.4 Å². The van der Waals surface area contributed by atoms with Crippen molar-refractivity contribution in [3.63, 3.8) is 0 Å². The number of oxazole rings is 1. The summed E-state index contributed by atoms with van der Waals surface area (Å²) < 4.78 is 8.55. The van der Waals surface area contributed by atoms with Gasteiger partial charge in [0.15, 0.2) is 5.58 Å². The lowest BCUT2D eigenvalue weighted by molar-refractivity contribution is 0.620. The summed E-state index contributed by atoms with van der Waals surface area (Å²) in [6.45, 7) is 0. The van der Waals surface area contributed by atoms with Crippen molar-refractivity contribution in [2.24, 2.45) is 0 Å². The molecule has 2 heterocycles. The van der Waals surface area contributed by atoms with Gasteiger partial charge in [0.05, 0.1) is 11.0 Å². The van der Waals surface area contributed by atoms with Crippen molar-refractivity contribution in [3.8, 4) is 39.4 Å². The molecule has 61 heavy (non-hydrogen) atoms. The Morgan fingerprint density at radius 3 is 1.82 bits per heavy atom. The first-order valence-corrected chi connectivity index (χ1v) is 20.7. The molecule has 4 nitrogen and oxygen atoms in total. The molecule has 0 atom stereocenters. The van der Waals surface area contributed by atoms with Crippen molar-refractivity contribution >= 4 is 71.5 Å². The number of anilines is 3. The van der Waals surface area contributed by atoms with Crippen molar-refractivity contribution in [2.75, 3.05) is 4.90 Å². The van der Waals surface area contributed by atoms with Gasteiger partial charge in [-0.1, -0.05) is 140 Å². The highest BCUT2D eigenvalue weighted by Gasteiger charge is 2.19. The van der Waals surface area contributed by atoms with Crippen LogP contribution in [-0.4, -0.2) is 9.55 Å². The van der Waals surface area contributed by atoms with Gasteiger partial charge in [-0.2, -0.15) is 0 Å². The molecule has 0 aliphatic carbocycles. The van der Waals surface area contributed by atoms with E-state index in [1.54, 1.807) is 0 Å². The third-order valence-electron chi connectivity index (χ3n) is 12.0. The molecule has 0 aliphatic heterocycles. The van der Waals surface area contributed by atoms with E-state index in [-0.39, 0.29) is 0 Å². The SMILES string of the molecule is c1ccc(-c2nc3c(ccc4cc(-c5ccc(N(c6ccc(-c7cccc8ccccc78)cc6)c6ccc7c(c6)c6ccccc6n7-c6ccccc6)cc5)ccc43)o2)cc1. The highest BCUT2D eigenvalue weighted by molar-refractivity contribution is 6.11. The zero-order valence-electron chi connectivity index (χ0n) is 33.1. The Morgan fingerprint density at radius 1 is 0.377 bits per heavy atom. The highest BCUT2D eigenvalue weighted by atomic mass is 16.3. The molecule has 0 saturated carbocycles. The maximum atomic E-state index is 6.18. The van der Waals surface area contributed by atoms with Crippen molar-refractivity contribution in [1.29, 1.82) is 0 Å². The summed E-state index contributed by atoms with van der Waals surface area (Å²) in [5.74, 6) is 0.636. The number of benzene rings is 10. The molecule has 12 aromatic rings. The van der Waals surface area contributed by atoms with Crippen LogP contribution in [0.25, 0.3) is 93.8 Å². The number of hydrogen-bond donors (Lipinski definition) is 0. The van der Waals surface area contributed by atoms with Crippen LogP contribution in [0.1, 0.15) is 0 Å². The molecule has 0 bridgehead atoms. The van der Waals surface area contributed by atoms with Gasteiger partial charge >= 0.3 is 0 Å². The minimum Gasteiger partial charge on any atom is -0.436 e. The van der Waals surface area contributed by atoms with Gasteiger partial charge in [0.25, 0.3) is 0 Å². The molecular weight excluding hydrogens is 743 g/mol. The van der Waals surface area contributed by atoms with E-state index >= 15 is 0 Å². The molecule has 0 aliphatic rings. The molecule has 0 saturated heterocycles. The average Bonchev–Trinajstić information content (AvgIpc) is 3.92. The normalized spacial score (nSPS) is 11.6. The molecule has 12 rings (SSSR count).